The highest BCUT2D eigenvalue weighted by molar-refractivity contribution is 9.10. The van der Waals surface area contributed by atoms with Gasteiger partial charge in [0.2, 0.25) is 5.88 Å². The van der Waals surface area contributed by atoms with Crippen LogP contribution < -0.4 is 9.47 Å². The first kappa shape index (κ1) is 29.1. The van der Waals surface area contributed by atoms with E-state index in [0.717, 1.165) is 45.9 Å². The Morgan fingerprint density at radius 1 is 0.925 bits per heavy atom. The van der Waals surface area contributed by atoms with Crippen LogP contribution in [0.15, 0.2) is 128 Å². The fourth-order valence-electron chi connectivity index (χ4n) is 4.96. The number of aliphatic hydroxyl groups is 1. The van der Waals surface area contributed by atoms with Crippen LogP contribution in [0.5, 0.6) is 11.6 Å². The summed E-state index contributed by atoms with van der Waals surface area (Å²) in [6.45, 7) is 12.3. The van der Waals surface area contributed by atoms with Gasteiger partial charge in [0, 0.05) is 27.9 Å². The second kappa shape index (κ2) is 14.0. The third-order valence-electron chi connectivity index (χ3n) is 6.92. The van der Waals surface area contributed by atoms with E-state index < -0.39 is 11.5 Å². The number of ether oxygens (including phenoxy) is 2. The predicted octanol–water partition coefficient (Wildman–Crippen LogP) is 8.22. The maximum atomic E-state index is 12.6. The van der Waals surface area contributed by atoms with Gasteiger partial charge in [-0.15, -0.1) is 0 Å². The first-order valence-electron chi connectivity index (χ1n) is 13.3. The molecule has 0 saturated heterocycles. The van der Waals surface area contributed by atoms with Crippen LogP contribution in [0.1, 0.15) is 36.3 Å². The lowest BCUT2D eigenvalue weighted by Crippen LogP contribution is -2.43. The Balaban J connectivity index is 1.81. The Morgan fingerprint density at radius 3 is 2.30 bits per heavy atom. The number of aromatic nitrogens is 1. The zero-order chi connectivity index (χ0) is 28.4. The molecule has 0 amide bonds. The Labute approximate surface area is 245 Å². The molecule has 0 spiro atoms. The van der Waals surface area contributed by atoms with Crippen molar-refractivity contribution in [3.8, 4) is 11.6 Å². The summed E-state index contributed by atoms with van der Waals surface area (Å²) in [5.74, 6) is 0.597. The monoisotopic (exact) mass is 598 g/mol. The van der Waals surface area contributed by atoms with Crippen molar-refractivity contribution in [3.63, 3.8) is 0 Å². The molecule has 5 nitrogen and oxygen atoms in total. The number of para-hydroxylation sites is 1. The number of hydrogen-bond acceptors (Lipinski definition) is 5. The Kier molecular flexibility index (Phi) is 10.2. The number of nitrogens with zero attached hydrogens (tertiary/aromatic N) is 2. The highest BCUT2D eigenvalue weighted by atomic mass is 79.9. The van der Waals surface area contributed by atoms with Crippen molar-refractivity contribution in [1.82, 2.24) is 9.88 Å². The molecule has 0 bridgehead atoms. The number of halogens is 1. The summed E-state index contributed by atoms with van der Waals surface area (Å²) in [4.78, 5) is 6.77. The van der Waals surface area contributed by atoms with Gasteiger partial charge >= 0.3 is 0 Å². The highest BCUT2D eigenvalue weighted by Crippen LogP contribution is 2.43. The van der Waals surface area contributed by atoms with Crippen LogP contribution in [-0.4, -0.2) is 33.7 Å². The van der Waals surface area contributed by atoms with Crippen LogP contribution in [0, 0.1) is 0 Å². The molecule has 2 atom stereocenters. The molecule has 3 aromatic carbocycles. The van der Waals surface area contributed by atoms with Crippen LogP contribution >= 0.6 is 15.9 Å². The maximum Gasteiger partial charge on any atom is 0.222 e. The number of pyridine rings is 1. The molecule has 206 valence electrons. The standard InChI is InChI=1S/C34H35BrN2O3/c1-4-37(5-2)22-14-13-21-34(38,25-40-29-17-11-8-12-18-29)32(26-15-9-7-10-16-26)30-24-27-23-28(35)19-20-31(27)36-33(30)39-6-3/h4-12,15-20,23-24,32,38H,1-3,13-14,21-22,25H2. The lowest BCUT2D eigenvalue weighted by atomic mass is 9.75. The molecular formula is C34H35BrN2O3. The second-order valence-corrected chi connectivity index (χ2v) is 10.5. The Morgan fingerprint density at radius 2 is 1.62 bits per heavy atom. The summed E-state index contributed by atoms with van der Waals surface area (Å²) in [5, 5.41) is 13.6. The number of fused-ring (bicyclic) bond motifs is 1. The van der Waals surface area contributed by atoms with Crippen molar-refractivity contribution < 1.29 is 14.6 Å². The lowest BCUT2D eigenvalue weighted by molar-refractivity contribution is -0.0282. The minimum atomic E-state index is -1.30. The molecule has 0 saturated carbocycles. The van der Waals surface area contributed by atoms with E-state index in [1.54, 1.807) is 12.4 Å². The predicted molar refractivity (Wildman–Crippen MR) is 166 cm³/mol. The molecule has 0 aliphatic rings. The molecule has 4 rings (SSSR count). The van der Waals surface area contributed by atoms with Gasteiger partial charge in [0.1, 0.15) is 18.0 Å². The molecular weight excluding hydrogens is 564 g/mol. The fraction of sp³-hybridized carbons (Fsp3) is 0.206. The second-order valence-electron chi connectivity index (χ2n) is 9.61. The van der Waals surface area contributed by atoms with E-state index in [1.165, 1.54) is 6.26 Å². The molecule has 6 heteroatoms. The van der Waals surface area contributed by atoms with Crippen molar-refractivity contribution in [2.24, 2.45) is 0 Å². The van der Waals surface area contributed by atoms with Crippen molar-refractivity contribution in [1.29, 1.82) is 0 Å². The average Bonchev–Trinajstić information content (AvgIpc) is 2.98. The Bertz CT molecular complexity index is 1420. The van der Waals surface area contributed by atoms with Crippen molar-refractivity contribution in [3.05, 3.63) is 139 Å². The van der Waals surface area contributed by atoms with Crippen LogP contribution in [0.4, 0.5) is 0 Å². The van der Waals surface area contributed by atoms with Crippen LogP contribution in [0.2, 0.25) is 0 Å². The fourth-order valence-corrected chi connectivity index (χ4v) is 5.34. The molecule has 0 aliphatic heterocycles. The number of hydrogen-bond donors (Lipinski definition) is 1. The molecule has 1 aromatic heterocycles. The molecule has 40 heavy (non-hydrogen) atoms. The Hall–Kier alpha value is -3.87. The van der Waals surface area contributed by atoms with Gasteiger partial charge in [-0.05, 0) is 73.6 Å². The first-order valence-corrected chi connectivity index (χ1v) is 14.1. The van der Waals surface area contributed by atoms with E-state index in [4.69, 9.17) is 14.5 Å². The van der Waals surface area contributed by atoms with Crippen molar-refractivity contribution >= 4 is 26.8 Å². The van der Waals surface area contributed by atoms with E-state index in [2.05, 4.69) is 35.7 Å². The molecule has 4 aromatic rings. The average molecular weight is 600 g/mol. The SMILES string of the molecule is C=COc1nc2ccc(Br)cc2cc1C(c1ccccc1)C(O)(CCCCN(C=C)C=C)COc1ccccc1. The maximum absolute atomic E-state index is 12.6. The molecule has 1 heterocycles. The van der Waals surface area contributed by atoms with Gasteiger partial charge < -0.3 is 19.5 Å². The van der Waals surface area contributed by atoms with E-state index in [9.17, 15) is 5.11 Å². The van der Waals surface area contributed by atoms with E-state index in [-0.39, 0.29) is 6.61 Å². The molecule has 0 radical (unpaired) electrons. The number of unbranched alkanes of at least 4 members (excludes halogenated alkanes) is 1. The zero-order valence-corrected chi connectivity index (χ0v) is 24.2. The van der Waals surface area contributed by atoms with E-state index >= 15 is 0 Å². The summed E-state index contributed by atoms with van der Waals surface area (Å²) in [5.41, 5.74) is 1.18. The largest absolute Gasteiger partial charge is 0.491 e. The molecule has 2 unspecified atom stereocenters. The van der Waals surface area contributed by atoms with Crippen molar-refractivity contribution in [2.75, 3.05) is 13.2 Å². The van der Waals surface area contributed by atoms with Gasteiger partial charge in [0.25, 0.3) is 0 Å². The van der Waals surface area contributed by atoms with Gasteiger partial charge in [-0.1, -0.05) is 84.2 Å². The summed E-state index contributed by atoms with van der Waals surface area (Å²) in [6.07, 6.45) is 6.94. The van der Waals surface area contributed by atoms with E-state index in [1.807, 2.05) is 89.8 Å². The first-order chi connectivity index (χ1) is 19.5. The summed E-state index contributed by atoms with van der Waals surface area (Å²) in [6, 6.07) is 27.5. The zero-order valence-electron chi connectivity index (χ0n) is 22.6. The van der Waals surface area contributed by atoms with Gasteiger partial charge in [-0.3, -0.25) is 0 Å². The molecule has 0 aliphatic carbocycles. The lowest BCUT2D eigenvalue weighted by Gasteiger charge is -2.37. The summed E-state index contributed by atoms with van der Waals surface area (Å²) < 4.78 is 13.1. The van der Waals surface area contributed by atoms with Crippen LogP contribution in [0.25, 0.3) is 10.9 Å². The summed E-state index contributed by atoms with van der Waals surface area (Å²) >= 11 is 3.58. The normalized spacial score (nSPS) is 13.2. The van der Waals surface area contributed by atoms with Crippen LogP contribution in [0.3, 0.4) is 0 Å². The smallest absolute Gasteiger partial charge is 0.222 e. The quantitative estimate of drug-likeness (QED) is 0.110. The molecule has 1 N–H and O–H groups in total. The number of benzene rings is 3. The number of rotatable bonds is 15. The van der Waals surface area contributed by atoms with Gasteiger partial charge in [0.15, 0.2) is 0 Å². The third-order valence-corrected chi connectivity index (χ3v) is 7.42. The van der Waals surface area contributed by atoms with Crippen LogP contribution in [-0.2, 0) is 0 Å². The highest BCUT2D eigenvalue weighted by Gasteiger charge is 2.41. The summed E-state index contributed by atoms with van der Waals surface area (Å²) in [7, 11) is 0. The van der Waals surface area contributed by atoms with Gasteiger partial charge in [0.05, 0.1) is 11.8 Å². The van der Waals surface area contributed by atoms with Gasteiger partial charge in [-0.25, -0.2) is 4.98 Å². The van der Waals surface area contributed by atoms with Crippen molar-refractivity contribution in [2.45, 2.75) is 30.8 Å². The minimum absolute atomic E-state index is 0.0766. The topological polar surface area (TPSA) is 54.8 Å². The minimum Gasteiger partial charge on any atom is -0.491 e. The third kappa shape index (κ3) is 7.20. The van der Waals surface area contributed by atoms with Gasteiger partial charge in [-0.2, -0.15) is 0 Å². The molecule has 0 fully saturated rings. The van der Waals surface area contributed by atoms with E-state index in [0.29, 0.717) is 18.1 Å².